The summed E-state index contributed by atoms with van der Waals surface area (Å²) in [6, 6.07) is 11.5. The minimum atomic E-state index is -0.509. The van der Waals surface area contributed by atoms with Crippen LogP contribution >= 0.6 is 0 Å². The average Bonchev–Trinajstić information content (AvgIpc) is 3.37. The second-order valence-electron chi connectivity index (χ2n) is 9.80. The Labute approximate surface area is 196 Å². The molecule has 1 aliphatic heterocycles. The van der Waals surface area contributed by atoms with Crippen molar-refractivity contribution in [1.29, 1.82) is 0 Å². The van der Waals surface area contributed by atoms with Gasteiger partial charge in [-0.1, -0.05) is 49.1 Å². The van der Waals surface area contributed by atoms with E-state index in [0.29, 0.717) is 18.7 Å². The van der Waals surface area contributed by atoms with Crippen LogP contribution < -0.4 is 5.32 Å². The summed E-state index contributed by atoms with van der Waals surface area (Å²) >= 11 is 0. The predicted octanol–water partition coefficient (Wildman–Crippen LogP) is 5.73. The van der Waals surface area contributed by atoms with E-state index in [2.05, 4.69) is 11.4 Å². The second-order valence-corrected chi connectivity index (χ2v) is 9.80. The normalized spacial score (nSPS) is 22.1. The van der Waals surface area contributed by atoms with E-state index >= 15 is 0 Å². The number of benzene rings is 1. The van der Waals surface area contributed by atoms with E-state index in [9.17, 15) is 9.59 Å². The van der Waals surface area contributed by atoms with Gasteiger partial charge in [0, 0.05) is 12.1 Å². The van der Waals surface area contributed by atoms with Gasteiger partial charge in [-0.25, -0.2) is 0 Å². The van der Waals surface area contributed by atoms with Gasteiger partial charge in [0.05, 0.1) is 24.3 Å². The first-order valence-corrected chi connectivity index (χ1v) is 12.6. The first kappa shape index (κ1) is 22.0. The van der Waals surface area contributed by atoms with Crippen LogP contribution in [-0.2, 0) is 11.3 Å². The molecular weight excluding hydrogens is 412 g/mol. The third-order valence-electron chi connectivity index (χ3n) is 7.83. The van der Waals surface area contributed by atoms with Gasteiger partial charge in [0.2, 0.25) is 5.91 Å². The molecule has 0 saturated heterocycles. The number of carbonyl (C=O) groups excluding carboxylic acids is 2. The smallest absolute Gasteiger partial charge is 0.255 e. The lowest BCUT2D eigenvalue weighted by Gasteiger charge is -2.53. The van der Waals surface area contributed by atoms with Crippen LogP contribution in [0.4, 0.5) is 0 Å². The molecular formula is C28H34N2O3. The summed E-state index contributed by atoms with van der Waals surface area (Å²) in [7, 11) is 0. The zero-order valence-electron chi connectivity index (χ0n) is 19.4. The molecule has 2 aliphatic carbocycles. The maximum atomic E-state index is 13.8. The number of nitrogens with one attached hydrogen (secondary N) is 1. The molecule has 1 N–H and O–H groups in total. The van der Waals surface area contributed by atoms with Gasteiger partial charge < -0.3 is 14.6 Å². The number of nitrogens with zero attached hydrogens (tertiary/aromatic N) is 1. The lowest BCUT2D eigenvalue weighted by Crippen LogP contribution is -2.62. The molecule has 1 saturated carbocycles. The van der Waals surface area contributed by atoms with Crippen molar-refractivity contribution in [3.8, 4) is 0 Å². The lowest BCUT2D eigenvalue weighted by molar-refractivity contribution is -0.127. The second kappa shape index (κ2) is 9.58. The number of carbonyl (C=O) groups is 2. The predicted molar refractivity (Wildman–Crippen MR) is 128 cm³/mol. The fourth-order valence-electron chi connectivity index (χ4n) is 6.21. The average molecular weight is 447 g/mol. The SMILES string of the molecule is O=C(NCCC1=CCCCC1)C1c2ccccc2C(=O)N(Cc2ccco2)C12CCCCC2. The molecule has 5 nitrogen and oxygen atoms in total. The highest BCUT2D eigenvalue weighted by Gasteiger charge is 2.54. The molecule has 1 spiro atoms. The highest BCUT2D eigenvalue weighted by Crippen LogP contribution is 2.49. The van der Waals surface area contributed by atoms with Gasteiger partial charge in [0.1, 0.15) is 5.76 Å². The van der Waals surface area contributed by atoms with E-state index in [1.54, 1.807) is 6.26 Å². The summed E-state index contributed by atoms with van der Waals surface area (Å²) in [4.78, 5) is 29.5. The monoisotopic (exact) mass is 446 g/mol. The Kier molecular flexibility index (Phi) is 6.39. The lowest BCUT2D eigenvalue weighted by atomic mass is 9.65. The largest absolute Gasteiger partial charge is 0.467 e. The van der Waals surface area contributed by atoms with Crippen molar-refractivity contribution in [3.05, 3.63) is 71.2 Å². The van der Waals surface area contributed by atoms with Crippen LogP contribution in [0.5, 0.6) is 0 Å². The number of hydrogen-bond donors (Lipinski definition) is 1. The number of hydrogen-bond acceptors (Lipinski definition) is 3. The molecule has 2 aromatic rings. The summed E-state index contributed by atoms with van der Waals surface area (Å²) in [5.41, 5.74) is 2.49. The molecule has 1 aromatic heterocycles. The van der Waals surface area contributed by atoms with Crippen LogP contribution in [0.1, 0.15) is 91.8 Å². The maximum Gasteiger partial charge on any atom is 0.255 e. The molecule has 0 radical (unpaired) electrons. The van der Waals surface area contributed by atoms with Crippen LogP contribution in [0.25, 0.3) is 0 Å². The summed E-state index contributed by atoms with van der Waals surface area (Å²) in [5.74, 6) is 0.469. The van der Waals surface area contributed by atoms with Crippen molar-refractivity contribution in [2.24, 2.45) is 0 Å². The first-order valence-electron chi connectivity index (χ1n) is 12.6. The molecule has 1 fully saturated rings. The highest BCUT2D eigenvalue weighted by atomic mass is 16.3. The van der Waals surface area contributed by atoms with Crippen LogP contribution in [-0.4, -0.2) is 28.8 Å². The zero-order valence-corrected chi connectivity index (χ0v) is 19.4. The van der Waals surface area contributed by atoms with Gasteiger partial charge in [0.25, 0.3) is 5.91 Å². The fourth-order valence-corrected chi connectivity index (χ4v) is 6.21. The van der Waals surface area contributed by atoms with E-state index in [4.69, 9.17) is 4.42 Å². The molecule has 0 bridgehead atoms. The number of allylic oxidation sites excluding steroid dienone is 1. The van der Waals surface area contributed by atoms with Crippen LogP contribution in [0.2, 0.25) is 0 Å². The maximum absolute atomic E-state index is 13.8. The van der Waals surface area contributed by atoms with Crippen molar-refractivity contribution < 1.29 is 14.0 Å². The summed E-state index contributed by atoms with van der Waals surface area (Å²) in [6.45, 7) is 1.06. The van der Waals surface area contributed by atoms with Gasteiger partial charge >= 0.3 is 0 Å². The van der Waals surface area contributed by atoms with Crippen LogP contribution in [0.15, 0.2) is 58.7 Å². The van der Waals surface area contributed by atoms with Crippen LogP contribution in [0, 0.1) is 0 Å². The van der Waals surface area contributed by atoms with E-state index in [1.807, 2.05) is 41.3 Å². The Morgan fingerprint density at radius 3 is 2.67 bits per heavy atom. The Morgan fingerprint density at radius 1 is 1.06 bits per heavy atom. The Hall–Kier alpha value is -2.82. The molecule has 1 unspecified atom stereocenters. The van der Waals surface area contributed by atoms with Crippen molar-refractivity contribution in [3.63, 3.8) is 0 Å². The molecule has 2 heterocycles. The quantitative estimate of drug-likeness (QED) is 0.577. The Bertz CT molecular complexity index is 1020. The molecule has 2 amide bonds. The standard InChI is InChI=1S/C28H34N2O3/c31-26(29-18-15-21-10-3-1-4-11-21)25-23-13-5-6-14-24(23)27(32)30(20-22-12-9-19-33-22)28(25)16-7-2-8-17-28/h5-6,9-10,12-14,19,25H,1-4,7-8,11,15-18,20H2,(H,29,31). The number of fused-ring (bicyclic) bond motifs is 1. The minimum Gasteiger partial charge on any atom is -0.467 e. The van der Waals surface area contributed by atoms with Crippen molar-refractivity contribution in [2.75, 3.05) is 6.54 Å². The summed E-state index contributed by atoms with van der Waals surface area (Å²) in [5, 5.41) is 3.27. The molecule has 174 valence electrons. The molecule has 5 heteroatoms. The highest BCUT2D eigenvalue weighted by molar-refractivity contribution is 6.02. The van der Waals surface area contributed by atoms with Gasteiger partial charge in [0.15, 0.2) is 0 Å². The Morgan fingerprint density at radius 2 is 1.91 bits per heavy atom. The number of rotatable bonds is 6. The number of amides is 2. The molecule has 1 aromatic carbocycles. The van der Waals surface area contributed by atoms with E-state index in [0.717, 1.165) is 62.7 Å². The van der Waals surface area contributed by atoms with E-state index in [1.165, 1.54) is 18.4 Å². The topological polar surface area (TPSA) is 62.6 Å². The third-order valence-corrected chi connectivity index (χ3v) is 7.83. The van der Waals surface area contributed by atoms with E-state index < -0.39 is 5.54 Å². The van der Waals surface area contributed by atoms with Gasteiger partial charge in [-0.15, -0.1) is 0 Å². The molecule has 33 heavy (non-hydrogen) atoms. The molecule has 3 aliphatic rings. The van der Waals surface area contributed by atoms with Gasteiger partial charge in [-0.3, -0.25) is 9.59 Å². The van der Waals surface area contributed by atoms with Gasteiger partial charge in [-0.05, 0) is 68.7 Å². The summed E-state index contributed by atoms with van der Waals surface area (Å²) < 4.78 is 5.63. The first-order chi connectivity index (χ1) is 16.2. The van der Waals surface area contributed by atoms with Crippen molar-refractivity contribution in [1.82, 2.24) is 10.2 Å². The van der Waals surface area contributed by atoms with Crippen molar-refractivity contribution >= 4 is 11.8 Å². The Balaban J connectivity index is 1.47. The third kappa shape index (κ3) is 4.25. The van der Waals surface area contributed by atoms with Gasteiger partial charge in [-0.2, -0.15) is 0 Å². The minimum absolute atomic E-state index is 0.0142. The number of furan rings is 1. The van der Waals surface area contributed by atoms with E-state index in [-0.39, 0.29) is 17.7 Å². The van der Waals surface area contributed by atoms with Crippen molar-refractivity contribution in [2.45, 2.75) is 82.2 Å². The fraction of sp³-hybridized carbons (Fsp3) is 0.500. The van der Waals surface area contributed by atoms with Crippen LogP contribution in [0.3, 0.4) is 0 Å². The summed E-state index contributed by atoms with van der Waals surface area (Å²) in [6.07, 6.45) is 14.6. The molecule has 5 rings (SSSR count). The zero-order chi connectivity index (χ0) is 22.7. The molecule has 1 atom stereocenters.